The van der Waals surface area contributed by atoms with E-state index in [1.165, 1.54) is 5.56 Å². The van der Waals surface area contributed by atoms with Crippen molar-refractivity contribution in [1.29, 1.82) is 0 Å². The third-order valence-electron chi connectivity index (χ3n) is 4.20. The van der Waals surface area contributed by atoms with Gasteiger partial charge >= 0.3 is 0 Å². The summed E-state index contributed by atoms with van der Waals surface area (Å²) in [4.78, 5) is 22.1. The van der Waals surface area contributed by atoms with Crippen LogP contribution in [-0.2, 0) is 4.79 Å². The maximum atomic E-state index is 11.2. The lowest BCUT2D eigenvalue weighted by Crippen LogP contribution is -2.40. The van der Waals surface area contributed by atoms with E-state index in [0.29, 0.717) is 5.88 Å². The fourth-order valence-corrected chi connectivity index (χ4v) is 3.06. The van der Waals surface area contributed by atoms with Gasteiger partial charge in [0.25, 0.3) is 0 Å². The van der Waals surface area contributed by atoms with E-state index in [1.807, 2.05) is 31.2 Å². The third-order valence-corrected chi connectivity index (χ3v) is 4.20. The highest BCUT2D eigenvalue weighted by molar-refractivity contribution is 5.75. The average Bonchev–Trinajstić information content (AvgIpc) is 2.57. The number of ether oxygens (including phenoxy) is 1. The maximum Gasteiger partial charge on any atom is 0.241 e. The Hall–Kier alpha value is -2.47. The van der Waals surface area contributed by atoms with Crippen LogP contribution in [0, 0.1) is 6.92 Å². The van der Waals surface area contributed by atoms with Gasteiger partial charge in [-0.3, -0.25) is 14.7 Å². The predicted octanol–water partition coefficient (Wildman–Crippen LogP) is 2.24. The number of benzene rings is 1. The quantitative estimate of drug-likeness (QED) is 0.911. The van der Waals surface area contributed by atoms with Crippen LogP contribution in [0.3, 0.4) is 0 Å². The van der Waals surface area contributed by atoms with Crippen LogP contribution in [0.15, 0.2) is 36.7 Å². The van der Waals surface area contributed by atoms with Gasteiger partial charge in [-0.1, -0.05) is 17.7 Å². The number of amides is 1. The second kappa shape index (κ2) is 7.40. The maximum absolute atomic E-state index is 11.2. The molecule has 1 aromatic carbocycles. The van der Waals surface area contributed by atoms with Crippen molar-refractivity contribution < 1.29 is 9.53 Å². The molecular weight excluding hydrogens is 304 g/mol. The van der Waals surface area contributed by atoms with Crippen molar-refractivity contribution in [3.05, 3.63) is 47.9 Å². The van der Waals surface area contributed by atoms with Gasteiger partial charge in [-0.05, 0) is 38.4 Å². The third kappa shape index (κ3) is 4.08. The van der Waals surface area contributed by atoms with Crippen molar-refractivity contribution in [3.63, 3.8) is 0 Å². The lowest BCUT2D eigenvalue weighted by atomic mass is 9.94. The number of carbonyl (C=O) groups is 1. The zero-order chi connectivity index (χ0) is 16.9. The van der Waals surface area contributed by atoms with Crippen molar-refractivity contribution in [3.8, 4) is 11.6 Å². The van der Waals surface area contributed by atoms with Gasteiger partial charge in [-0.2, -0.15) is 0 Å². The van der Waals surface area contributed by atoms with Crippen LogP contribution < -0.4 is 10.5 Å². The molecule has 0 unspecified atom stereocenters. The van der Waals surface area contributed by atoms with Crippen LogP contribution in [0.4, 0.5) is 0 Å². The average molecular weight is 326 g/mol. The van der Waals surface area contributed by atoms with Crippen LogP contribution in [0.2, 0.25) is 0 Å². The first kappa shape index (κ1) is 16.4. The lowest BCUT2D eigenvalue weighted by Gasteiger charge is -2.31. The van der Waals surface area contributed by atoms with Crippen molar-refractivity contribution in [2.24, 2.45) is 5.73 Å². The van der Waals surface area contributed by atoms with E-state index in [9.17, 15) is 4.79 Å². The van der Waals surface area contributed by atoms with Crippen LogP contribution in [0.5, 0.6) is 11.6 Å². The molecular formula is C18H22N4O2. The summed E-state index contributed by atoms with van der Waals surface area (Å²) in [5, 5.41) is 0. The lowest BCUT2D eigenvalue weighted by molar-refractivity contribution is -0.119. The van der Waals surface area contributed by atoms with Gasteiger partial charge in [-0.25, -0.2) is 4.98 Å². The van der Waals surface area contributed by atoms with Crippen molar-refractivity contribution in [2.45, 2.75) is 25.7 Å². The summed E-state index contributed by atoms with van der Waals surface area (Å²) in [7, 11) is 0. The molecule has 2 aromatic rings. The number of carbonyl (C=O) groups excluding carboxylic acids is 1. The molecule has 1 aliphatic heterocycles. The summed E-state index contributed by atoms with van der Waals surface area (Å²) in [6, 6.07) is 7.85. The number of rotatable bonds is 5. The fraction of sp³-hybridized carbons (Fsp3) is 0.389. The monoisotopic (exact) mass is 326 g/mol. The van der Waals surface area contributed by atoms with Gasteiger partial charge in [0.2, 0.25) is 11.8 Å². The molecule has 1 saturated heterocycles. The fourth-order valence-electron chi connectivity index (χ4n) is 3.06. The Morgan fingerprint density at radius 2 is 2.04 bits per heavy atom. The molecule has 126 valence electrons. The molecule has 0 radical (unpaired) electrons. The van der Waals surface area contributed by atoms with E-state index < -0.39 is 0 Å². The van der Waals surface area contributed by atoms with Crippen molar-refractivity contribution >= 4 is 5.91 Å². The molecule has 1 aromatic heterocycles. The van der Waals surface area contributed by atoms with Crippen LogP contribution in [0.1, 0.15) is 30.0 Å². The Morgan fingerprint density at radius 1 is 1.29 bits per heavy atom. The second-order valence-electron chi connectivity index (χ2n) is 6.20. The summed E-state index contributed by atoms with van der Waals surface area (Å²) in [5.41, 5.74) is 7.34. The number of nitrogens with zero attached hydrogens (tertiary/aromatic N) is 3. The summed E-state index contributed by atoms with van der Waals surface area (Å²) >= 11 is 0. The zero-order valence-electron chi connectivity index (χ0n) is 13.8. The largest absolute Gasteiger partial charge is 0.437 e. The molecule has 0 saturated carbocycles. The molecule has 1 aliphatic rings. The van der Waals surface area contributed by atoms with E-state index >= 15 is 0 Å². The molecule has 2 N–H and O–H groups in total. The number of piperidine rings is 1. The summed E-state index contributed by atoms with van der Waals surface area (Å²) in [5.74, 6) is 1.16. The molecule has 1 amide bonds. The Balaban J connectivity index is 1.78. The number of hydrogen-bond donors (Lipinski definition) is 1. The normalized spacial score (nSPS) is 18.3. The first-order valence-electron chi connectivity index (χ1n) is 8.18. The topological polar surface area (TPSA) is 81.3 Å². The van der Waals surface area contributed by atoms with E-state index in [-0.39, 0.29) is 18.4 Å². The number of aryl methyl sites for hydroxylation is 1. The minimum atomic E-state index is -0.300. The SMILES string of the molecule is Cc1ccc(Oc2nccnc2[C@H]2CCCN(CC(N)=O)C2)cc1. The first-order valence-corrected chi connectivity index (χ1v) is 8.18. The Morgan fingerprint density at radius 3 is 2.79 bits per heavy atom. The molecule has 6 heteroatoms. The molecule has 0 aliphatic carbocycles. The van der Waals surface area contributed by atoms with E-state index in [2.05, 4.69) is 14.9 Å². The molecule has 1 fully saturated rings. The van der Waals surface area contributed by atoms with Gasteiger partial charge in [0.05, 0.1) is 6.54 Å². The van der Waals surface area contributed by atoms with E-state index in [0.717, 1.165) is 37.4 Å². The Bertz CT molecular complexity index is 702. The van der Waals surface area contributed by atoms with Crippen molar-refractivity contribution in [1.82, 2.24) is 14.9 Å². The Labute approximate surface area is 141 Å². The number of likely N-dealkylation sites (tertiary alicyclic amines) is 1. The molecule has 0 spiro atoms. The summed E-state index contributed by atoms with van der Waals surface area (Å²) < 4.78 is 5.95. The van der Waals surface area contributed by atoms with E-state index in [1.54, 1.807) is 12.4 Å². The van der Waals surface area contributed by atoms with Crippen LogP contribution in [-0.4, -0.2) is 40.4 Å². The van der Waals surface area contributed by atoms with E-state index in [4.69, 9.17) is 10.5 Å². The standard InChI is InChI=1S/C18H22N4O2/c1-13-4-6-15(7-5-13)24-18-17(20-8-9-21-18)14-3-2-10-22(11-14)12-16(19)23/h4-9,14H,2-3,10-12H2,1H3,(H2,19,23)/t14-/m0/s1. The molecule has 0 bridgehead atoms. The first-order chi connectivity index (χ1) is 11.6. The minimum absolute atomic E-state index is 0.187. The number of aromatic nitrogens is 2. The second-order valence-corrected chi connectivity index (χ2v) is 6.20. The molecule has 1 atom stereocenters. The van der Waals surface area contributed by atoms with Crippen LogP contribution in [0.25, 0.3) is 0 Å². The number of hydrogen-bond acceptors (Lipinski definition) is 5. The molecule has 3 rings (SSSR count). The van der Waals surface area contributed by atoms with Gasteiger partial charge < -0.3 is 10.5 Å². The van der Waals surface area contributed by atoms with Gasteiger partial charge in [0.1, 0.15) is 11.4 Å². The van der Waals surface area contributed by atoms with Gasteiger partial charge in [0, 0.05) is 24.9 Å². The van der Waals surface area contributed by atoms with Gasteiger partial charge in [-0.15, -0.1) is 0 Å². The summed E-state index contributed by atoms with van der Waals surface area (Å²) in [6.07, 6.45) is 5.32. The summed E-state index contributed by atoms with van der Waals surface area (Å²) in [6.45, 7) is 3.94. The predicted molar refractivity (Wildman–Crippen MR) is 90.9 cm³/mol. The highest BCUT2D eigenvalue weighted by atomic mass is 16.5. The zero-order valence-corrected chi connectivity index (χ0v) is 13.8. The minimum Gasteiger partial charge on any atom is -0.437 e. The highest BCUT2D eigenvalue weighted by Crippen LogP contribution is 2.32. The molecule has 2 heterocycles. The van der Waals surface area contributed by atoms with Gasteiger partial charge in [0.15, 0.2) is 0 Å². The molecule has 6 nitrogen and oxygen atoms in total. The highest BCUT2D eigenvalue weighted by Gasteiger charge is 2.26. The van der Waals surface area contributed by atoms with Crippen molar-refractivity contribution in [2.75, 3.05) is 19.6 Å². The van der Waals surface area contributed by atoms with Crippen LogP contribution >= 0.6 is 0 Å². The smallest absolute Gasteiger partial charge is 0.241 e. The molecule has 24 heavy (non-hydrogen) atoms. The number of nitrogens with two attached hydrogens (primary N) is 1. The number of primary amides is 1. The Kier molecular flexibility index (Phi) is 5.05.